The third-order valence-corrected chi connectivity index (χ3v) is 11.7. The van der Waals surface area contributed by atoms with Gasteiger partial charge in [-0.3, -0.25) is 0 Å². The summed E-state index contributed by atoms with van der Waals surface area (Å²) < 4.78 is 4.91. The number of anilines is 3. The van der Waals surface area contributed by atoms with Crippen molar-refractivity contribution in [3.63, 3.8) is 0 Å². The predicted octanol–water partition coefficient (Wildman–Crippen LogP) is 14.1. The Morgan fingerprint density at radius 3 is 1.56 bits per heavy atom. The fourth-order valence-corrected chi connectivity index (χ4v) is 8.94. The summed E-state index contributed by atoms with van der Waals surface area (Å²) in [5.41, 5.74) is 22.4. The van der Waals surface area contributed by atoms with Crippen molar-refractivity contribution in [2.75, 3.05) is 10.6 Å². The monoisotopic (exact) mass is 756 g/mol. The Hall–Kier alpha value is -7.82. The molecule has 0 fully saturated rings. The minimum atomic E-state index is 0.675. The fourth-order valence-electron chi connectivity index (χ4n) is 8.94. The lowest BCUT2D eigenvalue weighted by Gasteiger charge is -2.26. The molecule has 0 aliphatic carbocycles. The third-order valence-electron chi connectivity index (χ3n) is 11.7. The molecule has 2 N–H and O–H groups in total. The Balaban J connectivity index is 1.14. The largest absolute Gasteiger partial charge is 0.397 e. The van der Waals surface area contributed by atoms with E-state index in [4.69, 9.17) is 5.73 Å². The lowest BCUT2D eigenvalue weighted by Crippen LogP contribution is -2.17. The van der Waals surface area contributed by atoms with Crippen LogP contribution in [0.2, 0.25) is 0 Å². The zero-order chi connectivity index (χ0) is 39.3. The number of fused-ring (bicyclic) bond motifs is 7. The quantitative estimate of drug-likeness (QED) is 0.157. The van der Waals surface area contributed by atoms with Crippen molar-refractivity contribution >= 4 is 60.7 Å². The summed E-state index contributed by atoms with van der Waals surface area (Å²) in [5.74, 6) is 0. The van der Waals surface area contributed by atoms with Crippen LogP contribution >= 0.6 is 0 Å². The van der Waals surface area contributed by atoms with Crippen LogP contribution in [0.4, 0.5) is 17.1 Å². The Morgan fingerprint density at radius 1 is 0.390 bits per heavy atom. The molecule has 0 aliphatic rings. The summed E-state index contributed by atoms with van der Waals surface area (Å²) in [6.07, 6.45) is 0. The molecule has 0 atom stereocenters. The van der Waals surface area contributed by atoms with Crippen LogP contribution in [0.3, 0.4) is 0 Å². The van der Waals surface area contributed by atoms with Crippen LogP contribution in [0, 0.1) is 0 Å². The van der Waals surface area contributed by atoms with Gasteiger partial charge in [0.05, 0.1) is 33.4 Å². The maximum atomic E-state index is 6.55. The van der Waals surface area contributed by atoms with Crippen LogP contribution in [0.15, 0.2) is 218 Å². The molecule has 9 aromatic carbocycles. The highest BCUT2D eigenvalue weighted by atomic mass is 15.1. The predicted molar refractivity (Wildman–Crippen MR) is 249 cm³/mol. The average Bonchev–Trinajstić information content (AvgIpc) is 3.82. The van der Waals surface area contributed by atoms with Gasteiger partial charge in [0.2, 0.25) is 0 Å². The standard InChI is InChI=1S/C55H40N4/c56-49-23-13-14-24-52(49)57(43-19-9-3-10-20-43)37-38-25-29-45(30-26-38)58-51-33-28-42(40-17-7-2-8-18-40)36-48(51)54-53(58)34-31-46-47-35-41(39-15-5-1-6-16-39)27-32-50(47)59(55(46)54)44-21-11-4-12-22-44/h1-36H,37,56H2. The summed E-state index contributed by atoms with van der Waals surface area (Å²) >= 11 is 0. The number of nitrogens with zero attached hydrogens (tertiary/aromatic N) is 3. The molecule has 0 spiro atoms. The molecule has 0 unspecified atom stereocenters. The first kappa shape index (κ1) is 34.4. The van der Waals surface area contributed by atoms with Crippen LogP contribution in [-0.4, -0.2) is 9.13 Å². The van der Waals surface area contributed by atoms with E-state index >= 15 is 0 Å². The van der Waals surface area contributed by atoms with E-state index in [0.717, 1.165) is 39.5 Å². The Labute approximate surface area is 343 Å². The van der Waals surface area contributed by atoms with Gasteiger partial charge in [-0.05, 0) is 107 Å². The van der Waals surface area contributed by atoms with Gasteiger partial charge < -0.3 is 19.8 Å². The SMILES string of the molecule is Nc1ccccc1N(Cc1ccc(-n2c3ccc(-c4ccccc4)cc3c3c2ccc2c4cc(-c5ccccc5)ccc4n(-c4ccccc4)c23)cc1)c1ccccc1. The maximum absolute atomic E-state index is 6.55. The molecular formula is C55H40N4. The van der Waals surface area contributed by atoms with Crippen LogP contribution in [0.1, 0.15) is 5.56 Å². The Morgan fingerprint density at radius 2 is 0.915 bits per heavy atom. The van der Waals surface area contributed by atoms with E-state index in [0.29, 0.717) is 6.54 Å². The molecule has 0 saturated heterocycles. The molecule has 0 radical (unpaired) electrons. The molecule has 280 valence electrons. The van der Waals surface area contributed by atoms with Crippen molar-refractivity contribution in [2.24, 2.45) is 0 Å². The smallest absolute Gasteiger partial charge is 0.0647 e. The van der Waals surface area contributed by atoms with Gasteiger partial charge in [-0.15, -0.1) is 0 Å². The topological polar surface area (TPSA) is 39.1 Å². The van der Waals surface area contributed by atoms with E-state index in [-0.39, 0.29) is 0 Å². The van der Waals surface area contributed by atoms with Crippen LogP contribution in [0.5, 0.6) is 0 Å². The molecule has 11 rings (SSSR count). The van der Waals surface area contributed by atoms with Crippen molar-refractivity contribution in [3.05, 3.63) is 224 Å². The highest BCUT2D eigenvalue weighted by Crippen LogP contribution is 2.44. The molecule has 2 heterocycles. The second-order valence-corrected chi connectivity index (χ2v) is 15.2. The second-order valence-electron chi connectivity index (χ2n) is 15.2. The van der Waals surface area contributed by atoms with E-state index in [1.807, 2.05) is 18.2 Å². The lowest BCUT2D eigenvalue weighted by molar-refractivity contribution is 0.975. The van der Waals surface area contributed by atoms with Gasteiger partial charge in [-0.2, -0.15) is 0 Å². The molecule has 0 bridgehead atoms. The maximum Gasteiger partial charge on any atom is 0.0647 e. The van der Waals surface area contributed by atoms with Gasteiger partial charge in [0.1, 0.15) is 0 Å². The molecule has 0 saturated carbocycles. The van der Waals surface area contributed by atoms with Crippen molar-refractivity contribution in [2.45, 2.75) is 6.54 Å². The molecule has 59 heavy (non-hydrogen) atoms. The van der Waals surface area contributed by atoms with Gasteiger partial charge in [0.25, 0.3) is 0 Å². The van der Waals surface area contributed by atoms with Crippen molar-refractivity contribution in [3.8, 4) is 33.6 Å². The summed E-state index contributed by atoms with van der Waals surface area (Å²) in [6.45, 7) is 0.675. The molecule has 4 nitrogen and oxygen atoms in total. The summed E-state index contributed by atoms with van der Waals surface area (Å²) in [7, 11) is 0. The zero-order valence-corrected chi connectivity index (χ0v) is 32.4. The second kappa shape index (κ2) is 14.3. The number of aromatic nitrogens is 2. The zero-order valence-electron chi connectivity index (χ0n) is 32.4. The number of hydrogen-bond donors (Lipinski definition) is 1. The van der Waals surface area contributed by atoms with Gasteiger partial charge in [0, 0.05) is 45.2 Å². The Kier molecular flexibility index (Phi) is 8.34. The van der Waals surface area contributed by atoms with Crippen LogP contribution < -0.4 is 10.6 Å². The van der Waals surface area contributed by atoms with E-state index in [1.165, 1.54) is 60.4 Å². The molecular weight excluding hydrogens is 717 g/mol. The van der Waals surface area contributed by atoms with Crippen molar-refractivity contribution < 1.29 is 0 Å². The van der Waals surface area contributed by atoms with Crippen molar-refractivity contribution in [1.29, 1.82) is 0 Å². The first-order chi connectivity index (χ1) is 29.2. The van der Waals surface area contributed by atoms with Gasteiger partial charge >= 0.3 is 0 Å². The highest BCUT2D eigenvalue weighted by molar-refractivity contribution is 6.26. The fraction of sp³-hybridized carbons (Fsp3) is 0.0182. The van der Waals surface area contributed by atoms with Gasteiger partial charge in [0.15, 0.2) is 0 Å². The lowest BCUT2D eigenvalue weighted by atomic mass is 10.0. The van der Waals surface area contributed by atoms with E-state index in [9.17, 15) is 0 Å². The van der Waals surface area contributed by atoms with Crippen LogP contribution in [0.25, 0.3) is 77.2 Å². The average molecular weight is 757 g/mol. The third kappa shape index (κ3) is 5.93. The van der Waals surface area contributed by atoms with Gasteiger partial charge in [-0.1, -0.05) is 140 Å². The number of rotatable bonds is 8. The molecule has 4 heteroatoms. The summed E-state index contributed by atoms with van der Waals surface area (Å²) in [6, 6.07) is 78.3. The summed E-state index contributed by atoms with van der Waals surface area (Å²) in [5, 5.41) is 4.91. The summed E-state index contributed by atoms with van der Waals surface area (Å²) in [4.78, 5) is 2.29. The van der Waals surface area contributed by atoms with Crippen molar-refractivity contribution in [1.82, 2.24) is 9.13 Å². The van der Waals surface area contributed by atoms with E-state index in [2.05, 4.69) is 214 Å². The molecule has 0 amide bonds. The highest BCUT2D eigenvalue weighted by Gasteiger charge is 2.22. The number of para-hydroxylation sites is 4. The number of nitrogens with two attached hydrogens (primary N) is 1. The minimum absolute atomic E-state index is 0.675. The number of hydrogen-bond acceptors (Lipinski definition) is 2. The Bertz CT molecular complexity index is 3280. The molecule has 0 aliphatic heterocycles. The van der Waals surface area contributed by atoms with E-state index in [1.54, 1.807) is 0 Å². The first-order valence-corrected chi connectivity index (χ1v) is 20.2. The first-order valence-electron chi connectivity index (χ1n) is 20.2. The van der Waals surface area contributed by atoms with E-state index < -0.39 is 0 Å². The number of benzene rings is 9. The van der Waals surface area contributed by atoms with Crippen LogP contribution in [-0.2, 0) is 6.54 Å². The number of nitrogen functional groups attached to an aromatic ring is 1. The normalized spacial score (nSPS) is 11.5. The minimum Gasteiger partial charge on any atom is -0.397 e. The molecule has 2 aromatic heterocycles. The van der Waals surface area contributed by atoms with Gasteiger partial charge in [-0.25, -0.2) is 0 Å². The molecule has 11 aromatic rings.